The number of esters is 2. The Morgan fingerprint density at radius 1 is 0.533 bits per heavy atom. The average Bonchev–Trinajstić information content (AvgIpc) is 3.30. The van der Waals surface area contributed by atoms with Crippen molar-refractivity contribution >= 4 is 11.9 Å². The molecular weight excluding hydrogens is 769 g/mol. The lowest BCUT2D eigenvalue weighted by molar-refractivity contribution is -0.326. The van der Waals surface area contributed by atoms with Crippen LogP contribution in [0.1, 0.15) is 75.3 Å². The molecule has 1 saturated heterocycles. The number of unbranched alkanes of at least 4 members (excludes halogenated alkanes) is 8. The molecule has 0 bridgehead atoms. The maximum Gasteiger partial charge on any atom is 0.330 e. The van der Waals surface area contributed by atoms with Crippen LogP contribution in [0.2, 0.25) is 0 Å². The number of hydrogen-bond acceptors (Lipinski definition) is 14. The van der Waals surface area contributed by atoms with Crippen molar-refractivity contribution in [2.75, 3.05) is 39.6 Å². The van der Waals surface area contributed by atoms with Crippen LogP contribution in [0.4, 0.5) is 0 Å². The zero-order valence-corrected chi connectivity index (χ0v) is 34.3. The Labute approximate surface area is 352 Å². The normalized spacial score (nSPS) is 14.9. The molecule has 320 valence electrons. The molecule has 0 spiro atoms. The molecule has 2 atom stereocenters. The van der Waals surface area contributed by atoms with Gasteiger partial charge in [0.25, 0.3) is 0 Å². The Bertz CT molecular complexity index is 1720. The summed E-state index contributed by atoms with van der Waals surface area (Å²) in [5, 5.41) is 0. The number of ether oxygens (including phenoxy) is 8. The number of carbonyl (C=O) groups is 2. The number of nitrogens with zero attached hydrogens (tertiary/aromatic N) is 4. The third kappa shape index (κ3) is 16.6. The van der Waals surface area contributed by atoms with E-state index >= 15 is 0 Å². The minimum Gasteiger partial charge on any atom is -0.490 e. The lowest BCUT2D eigenvalue weighted by Gasteiger charge is -2.31. The van der Waals surface area contributed by atoms with Crippen molar-refractivity contribution in [3.8, 4) is 34.3 Å². The Morgan fingerprint density at radius 2 is 0.883 bits per heavy atom. The van der Waals surface area contributed by atoms with Crippen LogP contribution in [0.5, 0.6) is 11.5 Å². The van der Waals surface area contributed by atoms with E-state index in [-0.39, 0.29) is 11.9 Å². The summed E-state index contributed by atoms with van der Waals surface area (Å²) in [5.41, 5.74) is 3.67. The molecule has 1 fully saturated rings. The smallest absolute Gasteiger partial charge is 0.330 e. The van der Waals surface area contributed by atoms with Gasteiger partial charge in [0.2, 0.25) is 12.6 Å². The topological polar surface area (TPSA) is 160 Å². The van der Waals surface area contributed by atoms with E-state index in [1.807, 2.05) is 48.5 Å². The Morgan fingerprint density at radius 3 is 1.25 bits per heavy atom. The van der Waals surface area contributed by atoms with Crippen LogP contribution < -0.4 is 9.47 Å². The van der Waals surface area contributed by atoms with Crippen molar-refractivity contribution in [1.29, 1.82) is 0 Å². The van der Waals surface area contributed by atoms with E-state index in [0.717, 1.165) is 86.5 Å². The van der Waals surface area contributed by atoms with Crippen LogP contribution in [-0.4, -0.2) is 84.1 Å². The van der Waals surface area contributed by atoms with Crippen LogP contribution in [0.15, 0.2) is 98.6 Å². The monoisotopic (exact) mass is 824 g/mol. The van der Waals surface area contributed by atoms with Crippen LogP contribution >= 0.6 is 0 Å². The van der Waals surface area contributed by atoms with Crippen molar-refractivity contribution in [3.63, 3.8) is 0 Å². The highest BCUT2D eigenvalue weighted by molar-refractivity contribution is 5.81. The largest absolute Gasteiger partial charge is 0.490 e. The molecule has 60 heavy (non-hydrogen) atoms. The van der Waals surface area contributed by atoms with Gasteiger partial charge in [-0.15, -0.1) is 0 Å². The van der Waals surface area contributed by atoms with Gasteiger partial charge in [0.1, 0.15) is 0 Å². The van der Waals surface area contributed by atoms with Crippen molar-refractivity contribution in [1.82, 2.24) is 19.9 Å². The summed E-state index contributed by atoms with van der Waals surface area (Å²) >= 11 is 0. The van der Waals surface area contributed by atoms with E-state index in [2.05, 4.69) is 33.1 Å². The summed E-state index contributed by atoms with van der Waals surface area (Å²) in [4.78, 5) is 40.0. The summed E-state index contributed by atoms with van der Waals surface area (Å²) in [6.07, 6.45) is 17.5. The number of hydrogen-bond donors (Lipinski definition) is 0. The zero-order chi connectivity index (χ0) is 42.0. The summed E-state index contributed by atoms with van der Waals surface area (Å²) in [7, 11) is 0. The first kappa shape index (κ1) is 45.5. The Hall–Kier alpha value is -5.54. The second kappa shape index (κ2) is 26.5. The molecule has 2 aromatic heterocycles. The third-order valence-corrected chi connectivity index (χ3v) is 9.32. The van der Waals surface area contributed by atoms with Gasteiger partial charge in [-0.2, -0.15) is 0 Å². The molecule has 0 saturated carbocycles. The SMILES string of the molecule is C=CC(=O)OCCCCCCCOc1cnc(-c2ccc(COC3OCCOC3OCc3ccc(-c4ncc(OCCCCCCCOC(=O)C=C)cn4)cc3)cc2)nc1. The van der Waals surface area contributed by atoms with Gasteiger partial charge in [-0.1, -0.05) is 100 Å². The van der Waals surface area contributed by atoms with Crippen molar-refractivity contribution in [2.45, 2.75) is 90.0 Å². The standard InChI is InChI=1S/C46H56N4O10/c1-3-41(51)55-25-13-9-5-7-11-23-53-39-29-47-43(48-30-39)37-19-15-35(16-20-37)33-59-45-46(58-28-27-57-45)60-34-36-17-21-38(22-18-36)44-49-31-40(32-50-44)54-24-12-8-6-10-14-26-56-42(52)4-2/h3-4,15-22,29-32,45-46H,1-2,5-14,23-28,33-34H2. The summed E-state index contributed by atoms with van der Waals surface area (Å²) in [6, 6.07) is 15.7. The van der Waals surface area contributed by atoms with Crippen molar-refractivity contribution in [2.24, 2.45) is 0 Å². The highest BCUT2D eigenvalue weighted by Crippen LogP contribution is 2.22. The number of rotatable bonds is 28. The molecule has 4 aromatic rings. The summed E-state index contributed by atoms with van der Waals surface area (Å²) in [6.45, 7) is 10.2. The van der Waals surface area contributed by atoms with Gasteiger partial charge in [-0.25, -0.2) is 29.5 Å². The molecule has 14 heteroatoms. The van der Waals surface area contributed by atoms with Gasteiger partial charge in [0.15, 0.2) is 23.1 Å². The first-order valence-corrected chi connectivity index (χ1v) is 20.6. The second-order valence-electron chi connectivity index (χ2n) is 14.0. The molecule has 0 N–H and O–H groups in total. The van der Waals surface area contributed by atoms with E-state index in [0.29, 0.717) is 76.0 Å². The molecule has 1 aliphatic rings. The fraction of sp³-hybridized carbons (Fsp3) is 0.435. The minimum absolute atomic E-state index is 0.307. The van der Waals surface area contributed by atoms with E-state index in [1.165, 1.54) is 12.2 Å². The molecule has 0 aliphatic carbocycles. The maximum atomic E-state index is 11.1. The number of benzene rings is 2. The summed E-state index contributed by atoms with van der Waals surface area (Å²) < 4.78 is 45.5. The quantitative estimate of drug-likeness (QED) is 0.0307. The molecule has 0 radical (unpaired) electrons. The van der Waals surface area contributed by atoms with Crippen LogP contribution in [0, 0.1) is 0 Å². The van der Waals surface area contributed by atoms with Gasteiger partial charge in [0, 0.05) is 23.3 Å². The second-order valence-corrected chi connectivity index (χ2v) is 14.0. The minimum atomic E-state index is -0.683. The third-order valence-electron chi connectivity index (χ3n) is 9.32. The Kier molecular flexibility index (Phi) is 20.1. The highest BCUT2D eigenvalue weighted by Gasteiger charge is 2.29. The van der Waals surface area contributed by atoms with Gasteiger partial charge < -0.3 is 37.9 Å². The Balaban J connectivity index is 0.958. The fourth-order valence-electron chi connectivity index (χ4n) is 5.99. The predicted octanol–water partition coefficient (Wildman–Crippen LogP) is 8.15. The molecule has 0 amide bonds. The lowest BCUT2D eigenvalue weighted by atomic mass is 10.1. The van der Waals surface area contributed by atoms with Crippen LogP contribution in [0.25, 0.3) is 22.8 Å². The molecule has 2 aromatic carbocycles. The first-order valence-electron chi connectivity index (χ1n) is 20.6. The van der Waals surface area contributed by atoms with E-state index < -0.39 is 12.6 Å². The molecule has 2 unspecified atom stereocenters. The first-order chi connectivity index (χ1) is 29.5. The highest BCUT2D eigenvalue weighted by atomic mass is 16.8. The van der Waals surface area contributed by atoms with E-state index in [9.17, 15) is 9.59 Å². The average molecular weight is 825 g/mol. The van der Waals surface area contributed by atoms with Crippen molar-refractivity contribution < 1.29 is 47.5 Å². The molecule has 5 rings (SSSR count). The van der Waals surface area contributed by atoms with Gasteiger partial charge in [-0.05, 0) is 36.8 Å². The zero-order valence-electron chi connectivity index (χ0n) is 34.3. The van der Waals surface area contributed by atoms with Crippen molar-refractivity contribution in [3.05, 3.63) is 110 Å². The predicted molar refractivity (Wildman–Crippen MR) is 223 cm³/mol. The molecule has 14 nitrogen and oxygen atoms in total. The summed E-state index contributed by atoms with van der Waals surface area (Å²) in [5.74, 6) is 1.71. The molecule has 1 aliphatic heterocycles. The van der Waals surface area contributed by atoms with E-state index in [1.54, 1.807) is 24.8 Å². The molecular formula is C46H56N4O10. The van der Waals surface area contributed by atoms with Crippen LogP contribution in [-0.2, 0) is 51.2 Å². The van der Waals surface area contributed by atoms with E-state index in [4.69, 9.17) is 37.9 Å². The molecule has 3 heterocycles. The van der Waals surface area contributed by atoms with Gasteiger partial charge >= 0.3 is 11.9 Å². The maximum absolute atomic E-state index is 11.1. The van der Waals surface area contributed by atoms with Gasteiger partial charge in [0.05, 0.1) is 77.6 Å². The lowest BCUT2D eigenvalue weighted by Crippen LogP contribution is -2.41. The van der Waals surface area contributed by atoms with Gasteiger partial charge in [-0.3, -0.25) is 0 Å². The number of carbonyl (C=O) groups excluding carboxylic acids is 2. The van der Waals surface area contributed by atoms with Crippen LogP contribution in [0.3, 0.4) is 0 Å². The fourth-order valence-corrected chi connectivity index (χ4v) is 5.99. The number of aromatic nitrogens is 4.